The van der Waals surface area contributed by atoms with Crippen molar-refractivity contribution in [3.05, 3.63) is 41.7 Å². The van der Waals surface area contributed by atoms with E-state index in [2.05, 4.69) is 75.2 Å². The normalized spacial score (nSPS) is 22.3. The Hall–Kier alpha value is -3.35. The van der Waals surface area contributed by atoms with E-state index in [9.17, 15) is 5.26 Å². The van der Waals surface area contributed by atoms with Gasteiger partial charge in [0.15, 0.2) is 0 Å². The molecule has 2 aromatic heterocycles. The van der Waals surface area contributed by atoms with Crippen molar-refractivity contribution in [2.75, 3.05) is 56.2 Å². The van der Waals surface area contributed by atoms with Gasteiger partial charge in [-0.05, 0) is 45.0 Å². The number of anilines is 2. The minimum Gasteiger partial charge on any atom is -0.462 e. The molecule has 0 spiro atoms. The molecule has 6 rings (SSSR count). The molecule has 0 radical (unpaired) electrons. The molecule has 2 atom stereocenters. The van der Waals surface area contributed by atoms with Crippen LogP contribution in [0.2, 0.25) is 0 Å². The molecule has 9 nitrogen and oxygen atoms in total. The van der Waals surface area contributed by atoms with Gasteiger partial charge >= 0.3 is 6.01 Å². The van der Waals surface area contributed by atoms with Crippen molar-refractivity contribution >= 4 is 22.4 Å². The van der Waals surface area contributed by atoms with Gasteiger partial charge in [0, 0.05) is 62.5 Å². The Labute approximate surface area is 218 Å². The van der Waals surface area contributed by atoms with Crippen LogP contribution in [0.15, 0.2) is 30.5 Å². The van der Waals surface area contributed by atoms with E-state index in [0.717, 1.165) is 63.6 Å². The quantitative estimate of drug-likeness (QED) is 0.553. The number of para-hydroxylation sites is 1. The molecule has 5 heterocycles. The average molecular weight is 501 g/mol. The summed E-state index contributed by atoms with van der Waals surface area (Å²) in [4.78, 5) is 17.1. The lowest BCUT2D eigenvalue weighted by Gasteiger charge is -2.37. The predicted molar refractivity (Wildman–Crippen MR) is 145 cm³/mol. The monoisotopic (exact) mass is 500 g/mol. The molecule has 3 aliphatic heterocycles. The molecule has 0 aliphatic carbocycles. The Morgan fingerprint density at radius 3 is 2.89 bits per heavy atom. The lowest BCUT2D eigenvalue weighted by atomic mass is 10.0. The van der Waals surface area contributed by atoms with Crippen molar-refractivity contribution in [1.29, 1.82) is 5.26 Å². The zero-order valence-electron chi connectivity index (χ0n) is 21.9. The molecule has 3 aromatic rings. The van der Waals surface area contributed by atoms with Gasteiger partial charge in [-0.1, -0.05) is 12.1 Å². The van der Waals surface area contributed by atoms with Crippen LogP contribution in [0.3, 0.4) is 0 Å². The second-order valence-electron chi connectivity index (χ2n) is 10.6. The van der Waals surface area contributed by atoms with Gasteiger partial charge in [0.25, 0.3) is 0 Å². The number of likely N-dealkylation sites (N-methyl/N-ethyl adjacent to an activating group) is 1. The Kier molecular flexibility index (Phi) is 6.61. The predicted octanol–water partition coefficient (Wildman–Crippen LogP) is 2.70. The third kappa shape index (κ3) is 4.72. The molecule has 194 valence electrons. The molecular weight excluding hydrogens is 464 g/mol. The summed E-state index contributed by atoms with van der Waals surface area (Å²) < 4.78 is 8.47. The number of piperazine rings is 1. The number of aromatic nitrogens is 3. The number of benzene rings is 1. The highest BCUT2D eigenvalue weighted by Crippen LogP contribution is 2.34. The maximum Gasteiger partial charge on any atom is 0.318 e. The molecule has 0 bridgehead atoms. The van der Waals surface area contributed by atoms with Crippen LogP contribution in [-0.2, 0) is 20.0 Å². The first-order valence-electron chi connectivity index (χ1n) is 13.5. The minimum absolute atomic E-state index is 0.149. The Balaban J connectivity index is 1.33. The standard InChI is InChI=1S/C28H36N8O/c1-33-13-4-6-22(33)19-37-28-31-24-18-35(25-7-3-5-20-9-14-34(2)26(20)25)15-10-23(24)27(32-28)36-16-12-30-21(17-36)8-11-29/h3,5,7,9,14,21-22,30H,4,6,8,10,12-13,15-19H2,1-2H3/t21-,22-/m0/s1. The second kappa shape index (κ2) is 10.2. The van der Waals surface area contributed by atoms with E-state index >= 15 is 0 Å². The molecule has 37 heavy (non-hydrogen) atoms. The van der Waals surface area contributed by atoms with Gasteiger partial charge in [-0.3, -0.25) is 0 Å². The van der Waals surface area contributed by atoms with Crippen LogP contribution in [0.25, 0.3) is 10.9 Å². The number of hydrogen-bond donors (Lipinski definition) is 1. The van der Waals surface area contributed by atoms with Crippen LogP contribution in [0, 0.1) is 11.3 Å². The van der Waals surface area contributed by atoms with Gasteiger partial charge in [-0.15, -0.1) is 0 Å². The summed E-state index contributed by atoms with van der Waals surface area (Å²) in [5.41, 5.74) is 4.76. The van der Waals surface area contributed by atoms with Gasteiger partial charge in [0.2, 0.25) is 0 Å². The number of likely N-dealkylation sites (tertiary alicyclic amines) is 1. The number of aryl methyl sites for hydroxylation is 1. The molecule has 1 N–H and O–H groups in total. The fourth-order valence-corrected chi connectivity index (χ4v) is 6.13. The van der Waals surface area contributed by atoms with Crippen molar-refractivity contribution in [3.8, 4) is 12.1 Å². The fraction of sp³-hybridized carbons (Fsp3) is 0.536. The van der Waals surface area contributed by atoms with Crippen molar-refractivity contribution < 1.29 is 4.74 Å². The topological polar surface area (TPSA) is 85.5 Å². The molecule has 0 saturated carbocycles. The minimum atomic E-state index is 0.149. The smallest absolute Gasteiger partial charge is 0.318 e. The first-order chi connectivity index (χ1) is 18.1. The number of nitriles is 1. The van der Waals surface area contributed by atoms with Crippen LogP contribution in [0.4, 0.5) is 11.5 Å². The molecule has 1 aromatic carbocycles. The Morgan fingerprint density at radius 2 is 2.05 bits per heavy atom. The van der Waals surface area contributed by atoms with E-state index in [-0.39, 0.29) is 6.04 Å². The highest BCUT2D eigenvalue weighted by atomic mass is 16.5. The fourth-order valence-electron chi connectivity index (χ4n) is 6.13. The molecule has 0 unspecified atom stereocenters. The molecule has 9 heteroatoms. The van der Waals surface area contributed by atoms with Gasteiger partial charge in [0.1, 0.15) is 12.4 Å². The van der Waals surface area contributed by atoms with E-state index in [1.807, 2.05) is 0 Å². The third-order valence-electron chi connectivity index (χ3n) is 8.21. The van der Waals surface area contributed by atoms with Gasteiger partial charge in [-0.25, -0.2) is 0 Å². The number of rotatable bonds is 6. The Morgan fingerprint density at radius 1 is 1.14 bits per heavy atom. The highest BCUT2D eigenvalue weighted by Gasteiger charge is 2.30. The van der Waals surface area contributed by atoms with Crippen LogP contribution >= 0.6 is 0 Å². The maximum atomic E-state index is 9.26. The summed E-state index contributed by atoms with van der Waals surface area (Å²) in [6.07, 6.45) is 5.86. The van der Waals surface area contributed by atoms with Gasteiger partial charge in [0.05, 0.1) is 35.9 Å². The average Bonchev–Trinajstić information content (AvgIpc) is 3.51. The summed E-state index contributed by atoms with van der Waals surface area (Å²) in [5.74, 6) is 0.987. The number of nitrogens with zero attached hydrogens (tertiary/aromatic N) is 7. The van der Waals surface area contributed by atoms with E-state index in [0.29, 0.717) is 25.1 Å². The SMILES string of the molecule is CN1CCC[C@H]1COc1nc2c(c(N3CCN[C@@H](CC#N)C3)n1)CCN(c1cccc3ccn(C)c13)C2. The summed E-state index contributed by atoms with van der Waals surface area (Å²) in [5, 5.41) is 14.0. The maximum absolute atomic E-state index is 9.26. The summed E-state index contributed by atoms with van der Waals surface area (Å²) >= 11 is 0. The molecule has 2 saturated heterocycles. The highest BCUT2D eigenvalue weighted by molar-refractivity contribution is 5.92. The molecule has 3 aliphatic rings. The van der Waals surface area contributed by atoms with Gasteiger partial charge in [-0.2, -0.15) is 15.2 Å². The van der Waals surface area contributed by atoms with E-state index in [1.165, 1.54) is 28.6 Å². The number of nitrogens with one attached hydrogen (secondary N) is 1. The van der Waals surface area contributed by atoms with Crippen molar-refractivity contribution in [2.45, 2.75) is 44.3 Å². The first kappa shape index (κ1) is 24.0. The number of hydrogen-bond acceptors (Lipinski definition) is 8. The molecular formula is C28H36N8O. The lowest BCUT2D eigenvalue weighted by molar-refractivity contribution is 0.187. The summed E-state index contributed by atoms with van der Waals surface area (Å²) in [6.45, 7) is 5.84. The van der Waals surface area contributed by atoms with E-state index < -0.39 is 0 Å². The lowest BCUT2D eigenvalue weighted by Crippen LogP contribution is -2.51. The summed E-state index contributed by atoms with van der Waals surface area (Å²) in [7, 11) is 4.27. The molecule has 0 amide bonds. The van der Waals surface area contributed by atoms with Crippen LogP contribution in [0.1, 0.15) is 30.5 Å². The number of ether oxygens (including phenoxy) is 1. The zero-order valence-corrected chi connectivity index (χ0v) is 21.9. The van der Waals surface area contributed by atoms with Gasteiger partial charge < -0.3 is 29.3 Å². The molecule has 2 fully saturated rings. The first-order valence-corrected chi connectivity index (χ1v) is 13.5. The van der Waals surface area contributed by atoms with Crippen molar-refractivity contribution in [3.63, 3.8) is 0 Å². The van der Waals surface area contributed by atoms with Crippen LogP contribution in [-0.4, -0.2) is 77.9 Å². The summed E-state index contributed by atoms with van der Waals surface area (Å²) in [6, 6.07) is 12.1. The van der Waals surface area contributed by atoms with Crippen LogP contribution in [0.5, 0.6) is 6.01 Å². The van der Waals surface area contributed by atoms with Crippen LogP contribution < -0.4 is 19.9 Å². The zero-order chi connectivity index (χ0) is 25.4. The number of fused-ring (bicyclic) bond motifs is 2. The van der Waals surface area contributed by atoms with Crippen molar-refractivity contribution in [1.82, 2.24) is 24.8 Å². The third-order valence-corrected chi connectivity index (χ3v) is 8.21. The largest absolute Gasteiger partial charge is 0.462 e. The van der Waals surface area contributed by atoms with E-state index in [1.54, 1.807) is 0 Å². The van der Waals surface area contributed by atoms with E-state index in [4.69, 9.17) is 14.7 Å². The Bertz CT molecular complexity index is 1310. The second-order valence-corrected chi connectivity index (χ2v) is 10.6. The van der Waals surface area contributed by atoms with Crippen molar-refractivity contribution in [2.24, 2.45) is 7.05 Å².